The average molecular weight is 217 g/mol. The van der Waals surface area contributed by atoms with Crippen molar-refractivity contribution < 1.29 is 9.18 Å². The quantitative estimate of drug-likeness (QED) is 0.718. The molecule has 2 nitrogen and oxygen atoms in total. The van der Waals surface area contributed by atoms with E-state index in [1.165, 1.54) is 19.1 Å². The van der Waals surface area contributed by atoms with Crippen molar-refractivity contribution in [1.29, 1.82) is 0 Å². The van der Waals surface area contributed by atoms with Gasteiger partial charge in [0.2, 0.25) is 5.91 Å². The van der Waals surface area contributed by atoms with Crippen LogP contribution in [0.1, 0.15) is 17.4 Å². The first kappa shape index (κ1) is 10.6. The number of benzene rings is 1. The van der Waals surface area contributed by atoms with Crippen molar-refractivity contribution in [2.75, 3.05) is 0 Å². The van der Waals surface area contributed by atoms with Gasteiger partial charge in [-0.25, -0.2) is 4.39 Å². The van der Waals surface area contributed by atoms with Crippen molar-refractivity contribution in [2.45, 2.75) is 13.8 Å². The van der Waals surface area contributed by atoms with Gasteiger partial charge in [0.15, 0.2) is 0 Å². The summed E-state index contributed by atoms with van der Waals surface area (Å²) in [5.41, 5.74) is 2.74. The van der Waals surface area contributed by atoms with Gasteiger partial charge in [-0.1, -0.05) is 12.1 Å². The van der Waals surface area contributed by atoms with Crippen LogP contribution in [0.15, 0.2) is 36.5 Å². The number of carbonyl (C=O) groups is 1. The van der Waals surface area contributed by atoms with Gasteiger partial charge in [0, 0.05) is 24.4 Å². The molecule has 0 aliphatic heterocycles. The second-order valence-electron chi connectivity index (χ2n) is 3.71. The maximum Gasteiger partial charge on any atom is 0.227 e. The summed E-state index contributed by atoms with van der Waals surface area (Å²) in [6.07, 6.45) is 1.73. The van der Waals surface area contributed by atoms with E-state index in [1.807, 2.05) is 13.0 Å². The second kappa shape index (κ2) is 3.93. The molecule has 16 heavy (non-hydrogen) atoms. The molecule has 0 unspecified atom stereocenters. The SMILES string of the molecule is CC(=O)n1ccc(-c2ccc(F)cc2)c1C. The average Bonchev–Trinajstić information content (AvgIpc) is 2.61. The van der Waals surface area contributed by atoms with Crippen molar-refractivity contribution in [2.24, 2.45) is 0 Å². The summed E-state index contributed by atoms with van der Waals surface area (Å²) in [5.74, 6) is -0.279. The van der Waals surface area contributed by atoms with E-state index in [0.717, 1.165) is 16.8 Å². The molecule has 0 spiro atoms. The monoisotopic (exact) mass is 217 g/mol. The summed E-state index contributed by atoms with van der Waals surface area (Å²) in [6, 6.07) is 8.12. The van der Waals surface area contributed by atoms with Gasteiger partial charge in [0.05, 0.1) is 0 Å². The fourth-order valence-electron chi connectivity index (χ4n) is 1.79. The lowest BCUT2D eigenvalue weighted by molar-refractivity contribution is 0.0935. The van der Waals surface area contributed by atoms with Crippen LogP contribution in [0.4, 0.5) is 4.39 Å². The lowest BCUT2D eigenvalue weighted by Crippen LogP contribution is -2.05. The molecule has 0 saturated carbocycles. The topological polar surface area (TPSA) is 22.0 Å². The van der Waals surface area contributed by atoms with Gasteiger partial charge in [-0.15, -0.1) is 0 Å². The highest BCUT2D eigenvalue weighted by Crippen LogP contribution is 2.24. The zero-order valence-corrected chi connectivity index (χ0v) is 9.20. The molecule has 0 atom stereocenters. The van der Waals surface area contributed by atoms with E-state index in [9.17, 15) is 9.18 Å². The van der Waals surface area contributed by atoms with Gasteiger partial charge < -0.3 is 0 Å². The standard InChI is InChI=1S/C13H12FNO/c1-9-13(7-8-15(9)10(2)16)11-3-5-12(14)6-4-11/h3-8H,1-2H3. The number of carbonyl (C=O) groups excluding carboxylic acids is 1. The van der Waals surface area contributed by atoms with E-state index < -0.39 is 0 Å². The first-order chi connectivity index (χ1) is 7.59. The van der Waals surface area contributed by atoms with Crippen LogP contribution in [0.3, 0.4) is 0 Å². The van der Waals surface area contributed by atoms with Crippen molar-refractivity contribution in [3.8, 4) is 11.1 Å². The molecule has 0 aliphatic carbocycles. The molecule has 0 saturated heterocycles. The van der Waals surface area contributed by atoms with Crippen LogP contribution >= 0.6 is 0 Å². The van der Waals surface area contributed by atoms with E-state index in [2.05, 4.69) is 0 Å². The third-order valence-electron chi connectivity index (χ3n) is 2.64. The Bertz CT molecular complexity index is 525. The van der Waals surface area contributed by atoms with E-state index in [1.54, 1.807) is 22.9 Å². The minimum atomic E-state index is -0.257. The number of halogens is 1. The van der Waals surface area contributed by atoms with Crippen molar-refractivity contribution in [1.82, 2.24) is 4.57 Å². The maximum absolute atomic E-state index is 12.8. The Morgan fingerprint density at radius 1 is 1.19 bits per heavy atom. The Hall–Kier alpha value is -1.90. The van der Waals surface area contributed by atoms with Crippen LogP contribution in [0, 0.1) is 12.7 Å². The predicted octanol–water partition coefficient (Wildman–Crippen LogP) is 3.26. The molecule has 3 heteroatoms. The summed E-state index contributed by atoms with van der Waals surface area (Å²) in [6.45, 7) is 3.39. The van der Waals surface area contributed by atoms with Crippen molar-refractivity contribution >= 4 is 5.91 Å². The van der Waals surface area contributed by atoms with Gasteiger partial charge in [-0.2, -0.15) is 0 Å². The molecule has 2 rings (SSSR count). The summed E-state index contributed by atoms with van der Waals surface area (Å²) >= 11 is 0. The molecule has 1 heterocycles. The highest BCUT2D eigenvalue weighted by atomic mass is 19.1. The van der Waals surface area contributed by atoms with Gasteiger partial charge in [0.25, 0.3) is 0 Å². The fourth-order valence-corrected chi connectivity index (χ4v) is 1.79. The third-order valence-corrected chi connectivity index (χ3v) is 2.64. The zero-order chi connectivity index (χ0) is 11.7. The van der Waals surface area contributed by atoms with Crippen LogP contribution in [-0.4, -0.2) is 10.5 Å². The molecule has 1 aromatic heterocycles. The molecule has 82 valence electrons. The smallest absolute Gasteiger partial charge is 0.227 e. The van der Waals surface area contributed by atoms with Gasteiger partial charge in [-0.05, 0) is 30.7 Å². The van der Waals surface area contributed by atoms with Crippen LogP contribution in [0.25, 0.3) is 11.1 Å². The molecule has 0 bridgehead atoms. The highest BCUT2D eigenvalue weighted by Gasteiger charge is 2.08. The Morgan fingerprint density at radius 3 is 2.31 bits per heavy atom. The summed E-state index contributed by atoms with van der Waals surface area (Å²) in [5, 5.41) is 0. The number of aromatic nitrogens is 1. The normalized spacial score (nSPS) is 10.4. The van der Waals surface area contributed by atoms with Crippen LogP contribution in [0.5, 0.6) is 0 Å². The van der Waals surface area contributed by atoms with Gasteiger partial charge in [0.1, 0.15) is 5.82 Å². The van der Waals surface area contributed by atoms with Gasteiger partial charge >= 0.3 is 0 Å². The highest BCUT2D eigenvalue weighted by molar-refractivity contribution is 5.80. The van der Waals surface area contributed by atoms with E-state index in [0.29, 0.717) is 0 Å². The third kappa shape index (κ3) is 1.76. The number of rotatable bonds is 1. The van der Waals surface area contributed by atoms with Crippen molar-refractivity contribution in [3.63, 3.8) is 0 Å². The maximum atomic E-state index is 12.8. The molecular weight excluding hydrogens is 205 g/mol. The first-order valence-corrected chi connectivity index (χ1v) is 5.04. The molecule has 2 aromatic rings. The van der Waals surface area contributed by atoms with Crippen LogP contribution in [0.2, 0.25) is 0 Å². The predicted molar refractivity (Wildman–Crippen MR) is 60.9 cm³/mol. The van der Waals surface area contributed by atoms with E-state index in [4.69, 9.17) is 0 Å². The largest absolute Gasteiger partial charge is 0.292 e. The zero-order valence-electron chi connectivity index (χ0n) is 9.20. The first-order valence-electron chi connectivity index (χ1n) is 5.04. The van der Waals surface area contributed by atoms with Crippen LogP contribution in [-0.2, 0) is 0 Å². The Morgan fingerprint density at radius 2 is 1.81 bits per heavy atom. The molecular formula is C13H12FNO. The lowest BCUT2D eigenvalue weighted by Gasteiger charge is -2.03. The molecule has 1 aromatic carbocycles. The number of hydrogen-bond acceptors (Lipinski definition) is 1. The Balaban J connectivity index is 2.49. The molecule has 0 radical (unpaired) electrons. The fraction of sp³-hybridized carbons (Fsp3) is 0.154. The van der Waals surface area contributed by atoms with E-state index >= 15 is 0 Å². The molecule has 0 N–H and O–H groups in total. The van der Waals surface area contributed by atoms with Gasteiger partial charge in [-0.3, -0.25) is 9.36 Å². The summed E-state index contributed by atoms with van der Waals surface area (Å²) < 4.78 is 14.4. The van der Waals surface area contributed by atoms with E-state index in [-0.39, 0.29) is 11.7 Å². The second-order valence-corrected chi connectivity index (χ2v) is 3.71. The molecule has 0 aliphatic rings. The van der Waals surface area contributed by atoms with Crippen molar-refractivity contribution in [3.05, 3.63) is 48.0 Å². The Kier molecular flexibility index (Phi) is 2.60. The summed E-state index contributed by atoms with van der Waals surface area (Å²) in [7, 11) is 0. The number of hydrogen-bond donors (Lipinski definition) is 0. The Labute approximate surface area is 93.3 Å². The minimum absolute atomic E-state index is 0.0224. The molecule has 0 amide bonds. The van der Waals surface area contributed by atoms with Crippen LogP contribution < -0.4 is 0 Å². The minimum Gasteiger partial charge on any atom is -0.292 e. The number of nitrogens with zero attached hydrogens (tertiary/aromatic N) is 1. The lowest BCUT2D eigenvalue weighted by atomic mass is 10.1. The summed E-state index contributed by atoms with van der Waals surface area (Å²) in [4.78, 5) is 11.3. The molecule has 0 fully saturated rings.